The van der Waals surface area contributed by atoms with E-state index in [1.165, 1.54) is 16.7 Å². The number of aryl methyl sites for hydroxylation is 2. The molecule has 0 spiro atoms. The van der Waals surface area contributed by atoms with Crippen molar-refractivity contribution in [2.24, 2.45) is 0 Å². The first kappa shape index (κ1) is 15.3. The second-order valence-electron chi connectivity index (χ2n) is 5.91. The molecule has 1 unspecified atom stereocenters. The Bertz CT molecular complexity index is 585. The fraction of sp³-hybridized carbons (Fsp3) is 0.333. The van der Waals surface area contributed by atoms with Crippen LogP contribution in [0, 0.1) is 13.8 Å². The van der Waals surface area contributed by atoms with E-state index in [4.69, 9.17) is 0 Å². The van der Waals surface area contributed by atoms with Crippen LogP contribution in [0.15, 0.2) is 46.9 Å². The fourth-order valence-corrected chi connectivity index (χ4v) is 2.77. The van der Waals surface area contributed by atoms with Crippen LogP contribution in [0.5, 0.6) is 0 Å². The number of benzene rings is 2. The summed E-state index contributed by atoms with van der Waals surface area (Å²) in [7, 11) is 0. The van der Waals surface area contributed by atoms with Crippen LogP contribution in [0.25, 0.3) is 0 Å². The summed E-state index contributed by atoms with van der Waals surface area (Å²) in [6.07, 6.45) is 1.34. The molecule has 0 heterocycles. The van der Waals surface area contributed by atoms with Crippen molar-refractivity contribution in [2.75, 3.05) is 0 Å². The highest BCUT2D eigenvalue weighted by atomic mass is 79.9. The summed E-state index contributed by atoms with van der Waals surface area (Å²) in [6.45, 7) is 6.10. The molecular formula is C18H21BrO. The zero-order valence-corrected chi connectivity index (χ0v) is 13.9. The predicted molar refractivity (Wildman–Crippen MR) is 88.1 cm³/mol. The molecule has 0 saturated heterocycles. The molecule has 0 aliphatic carbocycles. The van der Waals surface area contributed by atoms with E-state index in [1.807, 2.05) is 19.1 Å². The van der Waals surface area contributed by atoms with Crippen LogP contribution in [-0.2, 0) is 12.8 Å². The lowest BCUT2D eigenvalue weighted by Crippen LogP contribution is -2.30. The average Bonchev–Trinajstić information content (AvgIpc) is 2.36. The quantitative estimate of drug-likeness (QED) is 0.867. The lowest BCUT2D eigenvalue weighted by atomic mass is 9.88. The van der Waals surface area contributed by atoms with E-state index < -0.39 is 5.60 Å². The van der Waals surface area contributed by atoms with Gasteiger partial charge in [-0.2, -0.15) is 0 Å². The largest absolute Gasteiger partial charge is 0.389 e. The van der Waals surface area contributed by atoms with E-state index in [9.17, 15) is 5.11 Å². The molecule has 20 heavy (non-hydrogen) atoms. The third-order valence-corrected chi connectivity index (χ3v) is 4.10. The zero-order valence-electron chi connectivity index (χ0n) is 12.3. The standard InChI is InChI=1S/C18H21BrO/c1-13-4-5-14(2)16(10-13)12-18(3,20)11-15-6-8-17(19)9-7-15/h4-10,20H,11-12H2,1-3H3. The van der Waals surface area contributed by atoms with Crippen molar-refractivity contribution >= 4 is 15.9 Å². The van der Waals surface area contributed by atoms with Gasteiger partial charge in [0.15, 0.2) is 0 Å². The van der Waals surface area contributed by atoms with Crippen molar-refractivity contribution in [2.45, 2.75) is 39.2 Å². The van der Waals surface area contributed by atoms with Crippen molar-refractivity contribution < 1.29 is 5.11 Å². The molecule has 1 nitrogen and oxygen atoms in total. The Hall–Kier alpha value is -1.12. The summed E-state index contributed by atoms with van der Waals surface area (Å²) in [5.41, 5.74) is 4.14. The van der Waals surface area contributed by atoms with Gasteiger partial charge in [-0.15, -0.1) is 0 Å². The molecule has 106 valence electrons. The summed E-state index contributed by atoms with van der Waals surface area (Å²) < 4.78 is 1.07. The third-order valence-electron chi connectivity index (χ3n) is 3.57. The van der Waals surface area contributed by atoms with Gasteiger partial charge in [0.2, 0.25) is 0 Å². The monoisotopic (exact) mass is 332 g/mol. The third kappa shape index (κ3) is 4.19. The van der Waals surface area contributed by atoms with Crippen LogP contribution in [0.1, 0.15) is 29.2 Å². The van der Waals surface area contributed by atoms with E-state index >= 15 is 0 Å². The molecule has 0 radical (unpaired) electrons. The number of halogens is 1. The number of hydrogen-bond acceptors (Lipinski definition) is 1. The first-order valence-electron chi connectivity index (χ1n) is 6.89. The minimum Gasteiger partial charge on any atom is -0.389 e. The van der Waals surface area contributed by atoms with Gasteiger partial charge in [0.05, 0.1) is 5.60 Å². The maximum Gasteiger partial charge on any atom is 0.0700 e. The summed E-state index contributed by atoms with van der Waals surface area (Å²) in [4.78, 5) is 0. The van der Waals surface area contributed by atoms with Gasteiger partial charge in [0.1, 0.15) is 0 Å². The van der Waals surface area contributed by atoms with Crippen LogP contribution < -0.4 is 0 Å². The molecule has 1 N–H and O–H groups in total. The average molecular weight is 333 g/mol. The Morgan fingerprint density at radius 2 is 1.65 bits per heavy atom. The first-order chi connectivity index (χ1) is 9.35. The number of aliphatic hydroxyl groups is 1. The van der Waals surface area contributed by atoms with Crippen LogP contribution in [-0.4, -0.2) is 10.7 Å². The maximum absolute atomic E-state index is 10.7. The molecule has 2 aromatic rings. The lowest BCUT2D eigenvalue weighted by molar-refractivity contribution is 0.0607. The van der Waals surface area contributed by atoms with Gasteiger partial charge >= 0.3 is 0 Å². The van der Waals surface area contributed by atoms with Gasteiger partial charge in [-0.1, -0.05) is 51.8 Å². The summed E-state index contributed by atoms with van der Waals surface area (Å²) >= 11 is 3.43. The van der Waals surface area contributed by atoms with E-state index in [0.29, 0.717) is 12.8 Å². The SMILES string of the molecule is Cc1ccc(C)c(CC(C)(O)Cc2ccc(Br)cc2)c1. The van der Waals surface area contributed by atoms with Gasteiger partial charge in [0.25, 0.3) is 0 Å². The Balaban J connectivity index is 2.14. The molecule has 0 saturated carbocycles. The summed E-state index contributed by atoms with van der Waals surface area (Å²) in [6, 6.07) is 14.6. The first-order valence-corrected chi connectivity index (χ1v) is 7.68. The highest BCUT2D eigenvalue weighted by Gasteiger charge is 2.22. The van der Waals surface area contributed by atoms with Crippen LogP contribution in [0.3, 0.4) is 0 Å². The Morgan fingerprint density at radius 3 is 2.30 bits per heavy atom. The number of hydrogen-bond donors (Lipinski definition) is 1. The van der Waals surface area contributed by atoms with E-state index in [0.717, 1.165) is 10.0 Å². The van der Waals surface area contributed by atoms with Crippen molar-refractivity contribution in [1.82, 2.24) is 0 Å². The van der Waals surface area contributed by atoms with Crippen molar-refractivity contribution in [3.05, 3.63) is 69.2 Å². The second kappa shape index (κ2) is 6.11. The smallest absolute Gasteiger partial charge is 0.0700 e. The van der Waals surface area contributed by atoms with Gasteiger partial charge in [-0.25, -0.2) is 0 Å². The van der Waals surface area contributed by atoms with Gasteiger partial charge in [-0.3, -0.25) is 0 Å². The van der Waals surface area contributed by atoms with Crippen LogP contribution >= 0.6 is 15.9 Å². The van der Waals surface area contributed by atoms with Gasteiger partial charge in [-0.05, 0) is 49.6 Å². The molecular weight excluding hydrogens is 312 g/mol. The minimum absolute atomic E-state index is 0.660. The zero-order chi connectivity index (χ0) is 14.8. The van der Waals surface area contributed by atoms with E-state index in [2.05, 4.69) is 60.1 Å². The minimum atomic E-state index is -0.730. The number of rotatable bonds is 4. The molecule has 2 rings (SSSR count). The van der Waals surface area contributed by atoms with E-state index in [-0.39, 0.29) is 0 Å². The molecule has 0 amide bonds. The molecule has 0 fully saturated rings. The topological polar surface area (TPSA) is 20.2 Å². The van der Waals surface area contributed by atoms with Crippen LogP contribution in [0.4, 0.5) is 0 Å². The van der Waals surface area contributed by atoms with Crippen molar-refractivity contribution in [3.63, 3.8) is 0 Å². The fourth-order valence-electron chi connectivity index (χ4n) is 2.51. The van der Waals surface area contributed by atoms with E-state index in [1.54, 1.807) is 0 Å². The highest BCUT2D eigenvalue weighted by molar-refractivity contribution is 9.10. The molecule has 0 aromatic heterocycles. The molecule has 2 heteroatoms. The van der Waals surface area contributed by atoms with Gasteiger partial charge in [0, 0.05) is 17.3 Å². The van der Waals surface area contributed by atoms with Gasteiger partial charge < -0.3 is 5.11 Å². The maximum atomic E-state index is 10.7. The second-order valence-corrected chi connectivity index (χ2v) is 6.82. The summed E-state index contributed by atoms with van der Waals surface area (Å²) in [5.74, 6) is 0. The summed E-state index contributed by atoms with van der Waals surface area (Å²) in [5, 5.41) is 10.7. The van der Waals surface area contributed by atoms with Crippen molar-refractivity contribution in [3.8, 4) is 0 Å². The lowest BCUT2D eigenvalue weighted by Gasteiger charge is -2.24. The van der Waals surface area contributed by atoms with Crippen molar-refractivity contribution in [1.29, 1.82) is 0 Å². The molecule has 0 aliphatic heterocycles. The predicted octanol–water partition coefficient (Wildman–Crippen LogP) is 4.60. The molecule has 2 aromatic carbocycles. The van der Waals surface area contributed by atoms with Crippen LogP contribution in [0.2, 0.25) is 0 Å². The Kier molecular flexibility index (Phi) is 4.66. The normalized spacial score (nSPS) is 14.1. The molecule has 1 atom stereocenters. The Labute approximate surface area is 129 Å². The highest BCUT2D eigenvalue weighted by Crippen LogP contribution is 2.22. The molecule has 0 aliphatic rings. The molecule has 0 bridgehead atoms. The Morgan fingerprint density at radius 1 is 1.00 bits per heavy atom.